The van der Waals surface area contributed by atoms with Gasteiger partial charge in [-0.05, 0) is 60.1 Å². The van der Waals surface area contributed by atoms with Crippen LogP contribution >= 0.6 is 0 Å². The molecule has 1 unspecified atom stereocenters. The van der Waals surface area contributed by atoms with E-state index in [4.69, 9.17) is 14.2 Å². The van der Waals surface area contributed by atoms with E-state index in [9.17, 15) is 24.8 Å². The second kappa shape index (κ2) is 14.3. The highest BCUT2D eigenvalue weighted by atomic mass is 16.6. The lowest BCUT2D eigenvalue weighted by molar-refractivity contribution is -0.384. The third kappa shape index (κ3) is 8.02. The van der Waals surface area contributed by atoms with E-state index in [1.54, 1.807) is 34.6 Å². The zero-order chi connectivity index (χ0) is 27.5. The summed E-state index contributed by atoms with van der Waals surface area (Å²) in [6.07, 6.45) is 1.02. The summed E-state index contributed by atoms with van der Waals surface area (Å²) in [6.45, 7) is 10.1. The lowest BCUT2D eigenvalue weighted by Gasteiger charge is -2.31. The molecule has 0 radical (unpaired) electrons. The molecule has 1 aromatic carbocycles. The molecule has 11 heteroatoms. The summed E-state index contributed by atoms with van der Waals surface area (Å²) in [5.74, 6) is -1.97. The molecule has 1 aliphatic heterocycles. The Morgan fingerprint density at radius 2 is 1.70 bits per heavy atom. The SMILES string of the molecule is CCOC(=O)C1=C(C)NC(C)=C(C(=O)OCC)C1c1cc([N+](=O)[O-])ccc1OCCCCNCC(C)O. The molecule has 0 bridgehead atoms. The maximum absolute atomic E-state index is 13.1. The molecule has 0 saturated carbocycles. The van der Waals surface area contributed by atoms with Crippen LogP contribution in [0, 0.1) is 10.1 Å². The molecule has 0 amide bonds. The Bertz CT molecular complexity index is 1010. The second-order valence-corrected chi connectivity index (χ2v) is 8.66. The van der Waals surface area contributed by atoms with Crippen LogP contribution < -0.4 is 15.4 Å². The van der Waals surface area contributed by atoms with Crippen LogP contribution in [0.3, 0.4) is 0 Å². The van der Waals surface area contributed by atoms with Crippen LogP contribution in [0.4, 0.5) is 5.69 Å². The average molecular weight is 520 g/mol. The molecule has 11 nitrogen and oxygen atoms in total. The molecule has 1 aromatic rings. The Balaban J connectivity index is 2.50. The van der Waals surface area contributed by atoms with Crippen molar-refractivity contribution in [3.05, 3.63) is 56.4 Å². The highest BCUT2D eigenvalue weighted by Crippen LogP contribution is 2.44. The summed E-state index contributed by atoms with van der Waals surface area (Å²) >= 11 is 0. The second-order valence-electron chi connectivity index (χ2n) is 8.66. The Morgan fingerprint density at radius 1 is 1.11 bits per heavy atom. The standard InChI is InChI=1S/C26H37N3O8/c1-6-35-25(31)22-17(4)28-18(5)23(26(32)36-7-2)24(22)20-14-19(29(33)34)10-11-21(20)37-13-9-8-12-27-15-16(3)30/h10-11,14,16,24,27-28,30H,6-9,12-13,15H2,1-5H3. The van der Waals surface area contributed by atoms with Crippen molar-refractivity contribution in [3.8, 4) is 5.75 Å². The zero-order valence-corrected chi connectivity index (χ0v) is 22.1. The number of nitro groups is 1. The van der Waals surface area contributed by atoms with Crippen molar-refractivity contribution in [1.82, 2.24) is 10.6 Å². The van der Waals surface area contributed by atoms with Gasteiger partial charge in [0.1, 0.15) is 5.75 Å². The first-order valence-electron chi connectivity index (χ1n) is 12.4. The van der Waals surface area contributed by atoms with Crippen LogP contribution in [0.1, 0.15) is 58.9 Å². The minimum absolute atomic E-state index is 0.112. The fourth-order valence-electron chi connectivity index (χ4n) is 4.12. The molecule has 204 valence electrons. The van der Waals surface area contributed by atoms with Gasteiger partial charge in [0.15, 0.2) is 0 Å². The lowest BCUT2D eigenvalue weighted by Crippen LogP contribution is -2.32. The number of unbranched alkanes of at least 4 members (excludes halogenated alkanes) is 1. The highest BCUT2D eigenvalue weighted by Gasteiger charge is 2.40. The predicted octanol–water partition coefficient (Wildman–Crippen LogP) is 3.09. The normalized spacial score (nSPS) is 14.8. The average Bonchev–Trinajstić information content (AvgIpc) is 2.82. The van der Waals surface area contributed by atoms with Gasteiger partial charge in [0.05, 0.1) is 47.9 Å². The number of nitrogens with zero attached hydrogens (tertiary/aromatic N) is 1. The van der Waals surface area contributed by atoms with Crippen LogP contribution in [0.25, 0.3) is 0 Å². The van der Waals surface area contributed by atoms with Crippen molar-refractivity contribution in [3.63, 3.8) is 0 Å². The van der Waals surface area contributed by atoms with Crippen molar-refractivity contribution >= 4 is 17.6 Å². The number of non-ortho nitro benzene ring substituents is 1. The summed E-state index contributed by atoms with van der Waals surface area (Å²) in [5, 5.41) is 27.2. The molecule has 0 aliphatic carbocycles. The first kappa shape index (κ1) is 29.8. The summed E-state index contributed by atoms with van der Waals surface area (Å²) in [7, 11) is 0. The fraction of sp³-hybridized carbons (Fsp3) is 0.538. The Kier molecular flexibility index (Phi) is 11.5. The number of esters is 2. The van der Waals surface area contributed by atoms with E-state index >= 15 is 0 Å². The van der Waals surface area contributed by atoms with Crippen molar-refractivity contribution in [2.45, 2.75) is 59.5 Å². The lowest BCUT2D eigenvalue weighted by atomic mass is 9.79. The smallest absolute Gasteiger partial charge is 0.336 e. The number of ether oxygens (including phenoxy) is 3. The summed E-state index contributed by atoms with van der Waals surface area (Å²) < 4.78 is 16.6. The summed E-state index contributed by atoms with van der Waals surface area (Å²) in [6, 6.07) is 4.14. The van der Waals surface area contributed by atoms with Crippen LogP contribution in [0.2, 0.25) is 0 Å². The van der Waals surface area contributed by atoms with Gasteiger partial charge in [-0.1, -0.05) is 0 Å². The van der Waals surface area contributed by atoms with E-state index in [2.05, 4.69) is 10.6 Å². The van der Waals surface area contributed by atoms with Crippen molar-refractivity contribution in [1.29, 1.82) is 0 Å². The van der Waals surface area contributed by atoms with Gasteiger partial charge >= 0.3 is 11.9 Å². The van der Waals surface area contributed by atoms with Gasteiger partial charge < -0.3 is 30.0 Å². The van der Waals surface area contributed by atoms with E-state index in [0.29, 0.717) is 48.8 Å². The summed E-state index contributed by atoms with van der Waals surface area (Å²) in [5.41, 5.74) is 1.34. The minimum Gasteiger partial charge on any atom is -0.493 e. The highest BCUT2D eigenvalue weighted by molar-refractivity contribution is 6.00. The first-order chi connectivity index (χ1) is 17.6. The van der Waals surface area contributed by atoms with Gasteiger partial charge in [-0.15, -0.1) is 0 Å². The number of benzene rings is 1. The molecule has 2 rings (SSSR count). The van der Waals surface area contributed by atoms with E-state index < -0.39 is 28.9 Å². The number of carbonyl (C=O) groups excluding carboxylic acids is 2. The third-order valence-electron chi connectivity index (χ3n) is 5.71. The van der Waals surface area contributed by atoms with E-state index in [-0.39, 0.29) is 30.0 Å². The number of aliphatic hydroxyl groups excluding tert-OH is 1. The Labute approximate surface area is 217 Å². The number of nitro benzene ring substituents is 1. The molecule has 0 aromatic heterocycles. The van der Waals surface area contributed by atoms with Gasteiger partial charge in [0.25, 0.3) is 5.69 Å². The maximum atomic E-state index is 13.1. The van der Waals surface area contributed by atoms with Crippen LogP contribution in [-0.4, -0.2) is 61.0 Å². The van der Waals surface area contributed by atoms with Gasteiger partial charge in [-0.3, -0.25) is 10.1 Å². The number of carbonyl (C=O) groups is 2. The number of nitrogens with one attached hydrogen (secondary N) is 2. The summed E-state index contributed by atoms with van der Waals surface area (Å²) in [4.78, 5) is 37.2. The van der Waals surface area contributed by atoms with E-state index in [1.807, 2.05) is 0 Å². The van der Waals surface area contributed by atoms with Crippen molar-refractivity contribution < 1.29 is 33.8 Å². The molecular formula is C26H37N3O8. The van der Waals surface area contributed by atoms with E-state index in [0.717, 1.165) is 6.42 Å². The molecule has 1 heterocycles. The van der Waals surface area contributed by atoms with Crippen molar-refractivity contribution in [2.75, 3.05) is 32.9 Å². The minimum atomic E-state index is -0.998. The van der Waals surface area contributed by atoms with Crippen LogP contribution in [0.5, 0.6) is 5.75 Å². The first-order valence-corrected chi connectivity index (χ1v) is 12.4. The topological polar surface area (TPSA) is 149 Å². The number of dihydropyridines is 1. The predicted molar refractivity (Wildman–Crippen MR) is 137 cm³/mol. The van der Waals surface area contributed by atoms with Crippen LogP contribution in [0.15, 0.2) is 40.7 Å². The van der Waals surface area contributed by atoms with Gasteiger partial charge in [-0.25, -0.2) is 9.59 Å². The number of hydrogen-bond acceptors (Lipinski definition) is 10. The molecular weight excluding hydrogens is 482 g/mol. The van der Waals surface area contributed by atoms with Gasteiger partial charge in [0, 0.05) is 35.6 Å². The number of hydrogen-bond donors (Lipinski definition) is 3. The van der Waals surface area contributed by atoms with Gasteiger partial charge in [0.2, 0.25) is 0 Å². The molecule has 1 aliphatic rings. The zero-order valence-electron chi connectivity index (χ0n) is 22.1. The molecule has 0 fully saturated rings. The quantitative estimate of drug-likeness (QED) is 0.145. The maximum Gasteiger partial charge on any atom is 0.336 e. The number of aliphatic hydroxyl groups is 1. The number of allylic oxidation sites excluding steroid dienone is 2. The Hall–Kier alpha value is -3.44. The fourth-order valence-corrected chi connectivity index (χ4v) is 4.12. The largest absolute Gasteiger partial charge is 0.493 e. The third-order valence-corrected chi connectivity index (χ3v) is 5.71. The van der Waals surface area contributed by atoms with Crippen molar-refractivity contribution in [2.24, 2.45) is 0 Å². The van der Waals surface area contributed by atoms with Gasteiger partial charge in [-0.2, -0.15) is 0 Å². The molecule has 1 atom stereocenters. The molecule has 0 spiro atoms. The molecule has 37 heavy (non-hydrogen) atoms. The van der Waals surface area contributed by atoms with E-state index in [1.165, 1.54) is 18.2 Å². The van der Waals surface area contributed by atoms with Crippen LogP contribution in [-0.2, 0) is 19.1 Å². The monoisotopic (exact) mass is 519 g/mol. The Morgan fingerprint density at radius 3 is 2.22 bits per heavy atom. The molecule has 3 N–H and O–H groups in total. The number of rotatable bonds is 14. The molecule has 0 saturated heterocycles.